The molecule has 0 amide bonds. The minimum Gasteiger partial charge on any atom is -0.496 e. The highest BCUT2D eigenvalue weighted by atomic mass is 16.6. The van der Waals surface area contributed by atoms with Crippen LogP contribution in [-0.2, 0) is 11.2 Å². The lowest BCUT2D eigenvalue weighted by Gasteiger charge is -2.10. The molecule has 0 saturated carbocycles. The zero-order chi connectivity index (χ0) is 23.0. The van der Waals surface area contributed by atoms with E-state index in [0.29, 0.717) is 22.0 Å². The number of fused-ring (bicyclic) bond motifs is 1. The third-order valence-electron chi connectivity index (χ3n) is 3.85. The number of carbonyl (C=O) groups is 1. The van der Waals surface area contributed by atoms with Crippen molar-refractivity contribution in [2.24, 2.45) is 0 Å². The highest BCUT2D eigenvalue weighted by Gasteiger charge is 2.14. The van der Waals surface area contributed by atoms with Gasteiger partial charge >= 0.3 is 5.97 Å². The molecule has 1 heterocycles. The molecule has 1 aromatic heterocycles. The van der Waals surface area contributed by atoms with Gasteiger partial charge in [-0.1, -0.05) is 6.07 Å². The van der Waals surface area contributed by atoms with Crippen molar-refractivity contribution in [2.75, 3.05) is 14.1 Å². The Bertz CT molecular complexity index is 1150. The lowest BCUT2D eigenvalue weighted by molar-refractivity contribution is -0.384. The number of nitrogens with one attached hydrogen (secondary N) is 1. The van der Waals surface area contributed by atoms with Crippen molar-refractivity contribution in [2.45, 2.75) is 6.42 Å². The van der Waals surface area contributed by atoms with Crippen molar-refractivity contribution in [3.63, 3.8) is 0 Å². The number of aromatic nitrogens is 1. The molecule has 0 saturated heterocycles. The smallest absolute Gasteiger partial charge is 0.337 e. The summed E-state index contributed by atoms with van der Waals surface area (Å²) >= 11 is 0. The van der Waals surface area contributed by atoms with Crippen LogP contribution >= 0.6 is 0 Å². The molecule has 2 aromatic carbocycles. The van der Waals surface area contributed by atoms with Crippen LogP contribution in [0.2, 0.25) is 0 Å². The number of esters is 1. The second-order valence-corrected chi connectivity index (χ2v) is 5.29. The molecule has 0 unspecified atom stereocenters. The Morgan fingerprint density at radius 2 is 2.12 bits per heavy atom. The summed E-state index contributed by atoms with van der Waals surface area (Å²) < 4.78 is 52.5. The Morgan fingerprint density at radius 1 is 1.24 bits per heavy atom. The second kappa shape index (κ2) is 6.64. The summed E-state index contributed by atoms with van der Waals surface area (Å²) in [6, 6.07) is 8.10. The molecule has 7 heteroatoms. The van der Waals surface area contributed by atoms with Crippen LogP contribution in [0.1, 0.15) is 29.7 Å². The first-order valence-electron chi connectivity index (χ1n) is 10.1. The van der Waals surface area contributed by atoms with E-state index in [2.05, 4.69) is 9.72 Å². The van der Waals surface area contributed by atoms with Crippen LogP contribution in [0.4, 0.5) is 5.69 Å². The summed E-state index contributed by atoms with van der Waals surface area (Å²) in [7, 11) is -5.79. The number of hydrogen-bond donors (Lipinski definition) is 1. The third-order valence-corrected chi connectivity index (χ3v) is 3.85. The Morgan fingerprint density at radius 3 is 2.88 bits per heavy atom. The Labute approximate surface area is 151 Å². The maximum absolute atomic E-state index is 12.0. The lowest BCUT2D eigenvalue weighted by Crippen LogP contribution is -2.03. The van der Waals surface area contributed by atoms with Gasteiger partial charge in [0.2, 0.25) is 0 Å². The summed E-state index contributed by atoms with van der Waals surface area (Å²) in [4.78, 5) is 25.6. The minimum atomic E-state index is -2.96. The maximum atomic E-state index is 12.0. The van der Waals surface area contributed by atoms with E-state index in [1.165, 1.54) is 24.3 Å². The number of hydrogen-bond acceptors (Lipinski definition) is 5. The van der Waals surface area contributed by atoms with Gasteiger partial charge in [0.1, 0.15) is 5.75 Å². The van der Waals surface area contributed by atoms with Crippen LogP contribution in [0.3, 0.4) is 0 Å². The van der Waals surface area contributed by atoms with Gasteiger partial charge in [0.15, 0.2) is 0 Å². The molecule has 128 valence electrons. The minimum absolute atomic E-state index is 0.102. The van der Waals surface area contributed by atoms with Gasteiger partial charge in [-0.15, -0.1) is 0 Å². The van der Waals surface area contributed by atoms with Gasteiger partial charge in [-0.2, -0.15) is 0 Å². The van der Waals surface area contributed by atoms with E-state index in [1.807, 2.05) is 0 Å². The van der Waals surface area contributed by atoms with Crippen LogP contribution in [0.5, 0.6) is 5.75 Å². The van der Waals surface area contributed by atoms with Gasteiger partial charge in [-0.3, -0.25) is 10.1 Å². The van der Waals surface area contributed by atoms with E-state index < -0.39 is 25.0 Å². The number of rotatable bonds is 5. The SMILES string of the molecule is [2H]C([2H])([2H])OC(=O)c1ccc(Cc2c[nH]c3ccc([N+](=O)[O-])cc23)c(OC([2H])([2H])[2H])c1. The molecular formula is C18H16N2O5. The molecule has 0 fully saturated rings. The largest absolute Gasteiger partial charge is 0.496 e. The number of nitrogens with zero attached hydrogens (tertiary/aromatic N) is 1. The number of nitro benzene ring substituents is 1. The van der Waals surface area contributed by atoms with Crippen molar-refractivity contribution < 1.29 is 27.4 Å². The van der Waals surface area contributed by atoms with Gasteiger partial charge in [0, 0.05) is 35.7 Å². The van der Waals surface area contributed by atoms with Crippen LogP contribution in [0.25, 0.3) is 10.9 Å². The first-order valence-corrected chi connectivity index (χ1v) is 7.12. The number of aromatic amines is 1. The molecule has 1 N–H and O–H groups in total. The maximum Gasteiger partial charge on any atom is 0.337 e. The number of carbonyl (C=O) groups excluding carboxylic acids is 1. The van der Waals surface area contributed by atoms with Crippen LogP contribution in [0, 0.1) is 10.1 Å². The molecule has 25 heavy (non-hydrogen) atoms. The van der Waals surface area contributed by atoms with E-state index in [1.54, 1.807) is 12.3 Å². The zero-order valence-corrected chi connectivity index (χ0v) is 12.7. The standard InChI is InChI=1S/C18H16N2O5/c1-24-17-8-12(18(21)25-2)4-3-11(17)7-13-10-19-16-6-5-14(20(22)23)9-15(13)16/h3-6,8-10,19H,7H2,1-2H3/i1D3,2D3. The van der Waals surface area contributed by atoms with Crippen molar-refractivity contribution in [3.05, 3.63) is 69.4 Å². The van der Waals surface area contributed by atoms with Crippen molar-refractivity contribution in [1.82, 2.24) is 4.98 Å². The summed E-state index contributed by atoms with van der Waals surface area (Å²) in [5, 5.41) is 11.6. The first-order chi connectivity index (χ1) is 14.3. The molecule has 0 radical (unpaired) electrons. The zero-order valence-electron chi connectivity index (χ0n) is 18.7. The summed E-state index contributed by atoms with van der Waals surface area (Å²) in [5.41, 5.74) is 1.35. The predicted octanol–water partition coefficient (Wildman–Crippen LogP) is 3.46. The Balaban J connectivity index is 2.00. The van der Waals surface area contributed by atoms with Crippen LogP contribution in [0.15, 0.2) is 42.6 Å². The summed E-state index contributed by atoms with van der Waals surface area (Å²) in [5.74, 6) is -1.33. The summed E-state index contributed by atoms with van der Waals surface area (Å²) in [6.07, 6.45) is 1.76. The number of H-pyrrole nitrogens is 1. The molecule has 0 aliphatic rings. The van der Waals surface area contributed by atoms with Crippen molar-refractivity contribution in [1.29, 1.82) is 0 Å². The fourth-order valence-electron chi connectivity index (χ4n) is 2.61. The highest BCUT2D eigenvalue weighted by molar-refractivity contribution is 5.90. The molecule has 3 aromatic rings. The van der Waals surface area contributed by atoms with Gasteiger partial charge in [-0.25, -0.2) is 4.79 Å². The number of nitro groups is 1. The molecule has 0 bridgehead atoms. The molecule has 7 nitrogen and oxygen atoms in total. The topological polar surface area (TPSA) is 94.5 Å². The average molecular weight is 346 g/mol. The number of methoxy groups -OCH3 is 2. The van der Waals surface area contributed by atoms with E-state index in [4.69, 9.17) is 13.0 Å². The normalized spacial score (nSPS) is 15.2. The van der Waals surface area contributed by atoms with Gasteiger partial charge in [-0.05, 0) is 29.3 Å². The lowest BCUT2D eigenvalue weighted by atomic mass is 10.0. The van der Waals surface area contributed by atoms with Crippen molar-refractivity contribution >= 4 is 22.6 Å². The number of benzene rings is 2. The fraction of sp³-hybridized carbons (Fsp3) is 0.167. The fourth-order valence-corrected chi connectivity index (χ4v) is 2.61. The monoisotopic (exact) mass is 346 g/mol. The van der Waals surface area contributed by atoms with Gasteiger partial charge in [0.05, 0.1) is 32.8 Å². The molecule has 0 aliphatic heterocycles. The molecule has 0 aliphatic carbocycles. The molecular weight excluding hydrogens is 324 g/mol. The van der Waals surface area contributed by atoms with E-state index >= 15 is 0 Å². The van der Waals surface area contributed by atoms with Crippen LogP contribution < -0.4 is 4.74 Å². The van der Waals surface area contributed by atoms with Gasteiger partial charge in [0.25, 0.3) is 5.69 Å². The number of ether oxygens (including phenoxy) is 2. The van der Waals surface area contributed by atoms with Gasteiger partial charge < -0.3 is 14.5 Å². The quantitative estimate of drug-likeness (QED) is 0.434. The predicted molar refractivity (Wildman–Crippen MR) is 92.1 cm³/mol. The number of non-ortho nitro benzene ring substituents is 1. The molecule has 3 rings (SSSR count). The van der Waals surface area contributed by atoms with Crippen LogP contribution in [-0.4, -0.2) is 30.0 Å². The summed E-state index contributed by atoms with van der Waals surface area (Å²) in [6.45, 7) is 0. The molecule has 0 atom stereocenters. The Hall–Kier alpha value is -3.35. The third kappa shape index (κ3) is 3.16. The Kier molecular flexibility index (Phi) is 2.79. The van der Waals surface area contributed by atoms with E-state index in [-0.39, 0.29) is 23.4 Å². The highest BCUT2D eigenvalue weighted by Crippen LogP contribution is 2.29. The van der Waals surface area contributed by atoms with E-state index in [0.717, 1.165) is 6.07 Å². The van der Waals surface area contributed by atoms with E-state index in [9.17, 15) is 14.9 Å². The molecule has 0 spiro atoms. The second-order valence-electron chi connectivity index (χ2n) is 5.29. The average Bonchev–Trinajstić information content (AvgIpc) is 3.02. The first kappa shape index (κ1) is 10.5. The van der Waals surface area contributed by atoms with Crippen molar-refractivity contribution in [3.8, 4) is 5.75 Å².